The molecule has 0 amide bonds. The Labute approximate surface area is 94.8 Å². The first kappa shape index (κ1) is 11.5. The topological polar surface area (TPSA) is 47.3 Å². The van der Waals surface area contributed by atoms with Crippen molar-refractivity contribution in [1.82, 2.24) is 5.43 Å². The first-order valence-electron chi connectivity index (χ1n) is 5.57. The Morgan fingerprint density at radius 3 is 2.56 bits per heavy atom. The maximum absolute atomic E-state index is 12.8. The van der Waals surface area contributed by atoms with Gasteiger partial charge in [0.15, 0.2) is 0 Å². The van der Waals surface area contributed by atoms with E-state index in [0.29, 0.717) is 0 Å². The quantitative estimate of drug-likeness (QED) is 0.609. The van der Waals surface area contributed by atoms with Crippen LogP contribution >= 0.6 is 0 Å². The van der Waals surface area contributed by atoms with Gasteiger partial charge in [-0.15, -0.1) is 0 Å². The van der Waals surface area contributed by atoms with Gasteiger partial charge in [-0.3, -0.25) is 11.3 Å². The lowest BCUT2D eigenvalue weighted by Gasteiger charge is -2.23. The maximum Gasteiger partial charge on any atom is 0.123 e. The minimum absolute atomic E-state index is 0.0643. The van der Waals surface area contributed by atoms with Crippen molar-refractivity contribution in [3.05, 3.63) is 35.6 Å². The second-order valence-corrected chi connectivity index (χ2v) is 4.26. The molecule has 1 aliphatic heterocycles. The molecule has 1 aromatic rings. The molecular weight excluding hydrogens is 207 g/mol. The van der Waals surface area contributed by atoms with Crippen LogP contribution in [0.25, 0.3) is 0 Å². The molecule has 0 aliphatic carbocycles. The van der Waals surface area contributed by atoms with Gasteiger partial charge in [0.2, 0.25) is 0 Å². The van der Waals surface area contributed by atoms with Gasteiger partial charge in [0.1, 0.15) is 5.82 Å². The molecular formula is C12H17FN2O. The summed E-state index contributed by atoms with van der Waals surface area (Å²) in [6.45, 7) is 2.05. The van der Waals surface area contributed by atoms with Crippen LogP contribution in [0.5, 0.6) is 0 Å². The van der Waals surface area contributed by atoms with Gasteiger partial charge in [0.05, 0.1) is 18.2 Å². The van der Waals surface area contributed by atoms with Crippen LogP contribution in [0, 0.1) is 5.82 Å². The fourth-order valence-electron chi connectivity index (χ4n) is 2.17. The van der Waals surface area contributed by atoms with Crippen LogP contribution in [0.1, 0.15) is 31.4 Å². The van der Waals surface area contributed by atoms with Crippen molar-refractivity contribution in [3.8, 4) is 0 Å². The van der Waals surface area contributed by atoms with Crippen molar-refractivity contribution in [1.29, 1.82) is 0 Å². The number of hydrazine groups is 1. The summed E-state index contributed by atoms with van der Waals surface area (Å²) in [5.74, 6) is 5.31. The Hall–Kier alpha value is -0.970. The molecule has 0 bridgehead atoms. The van der Waals surface area contributed by atoms with Crippen LogP contribution in [-0.2, 0) is 4.74 Å². The average molecular weight is 224 g/mol. The molecule has 1 aromatic carbocycles. The molecule has 3 atom stereocenters. The van der Waals surface area contributed by atoms with Crippen molar-refractivity contribution in [2.75, 3.05) is 0 Å². The lowest BCUT2D eigenvalue weighted by molar-refractivity contribution is 0.0316. The highest BCUT2D eigenvalue weighted by Gasteiger charge is 2.29. The van der Waals surface area contributed by atoms with E-state index >= 15 is 0 Å². The van der Waals surface area contributed by atoms with Crippen molar-refractivity contribution in [3.63, 3.8) is 0 Å². The summed E-state index contributed by atoms with van der Waals surface area (Å²) in [7, 11) is 0. The lowest BCUT2D eigenvalue weighted by atomic mass is 10.00. The standard InChI is InChI=1S/C12H17FN2O/c1-8-2-7-11(16-8)12(15-14)9-3-5-10(13)6-4-9/h3-6,8,11-12,15H,2,7,14H2,1H3. The summed E-state index contributed by atoms with van der Waals surface area (Å²) in [6, 6.07) is 6.31. The third-order valence-corrected chi connectivity index (χ3v) is 3.05. The summed E-state index contributed by atoms with van der Waals surface area (Å²) < 4.78 is 18.6. The third kappa shape index (κ3) is 2.40. The Bertz CT molecular complexity index is 341. The van der Waals surface area contributed by atoms with E-state index in [-0.39, 0.29) is 24.1 Å². The van der Waals surface area contributed by atoms with Crippen LogP contribution in [0.3, 0.4) is 0 Å². The van der Waals surface area contributed by atoms with Crippen LogP contribution in [0.15, 0.2) is 24.3 Å². The zero-order valence-corrected chi connectivity index (χ0v) is 9.32. The number of nitrogens with two attached hydrogens (primary N) is 1. The van der Waals surface area contributed by atoms with Gasteiger partial charge in [0.25, 0.3) is 0 Å². The van der Waals surface area contributed by atoms with Crippen molar-refractivity contribution in [2.24, 2.45) is 5.84 Å². The molecule has 0 saturated carbocycles. The zero-order chi connectivity index (χ0) is 11.5. The van der Waals surface area contributed by atoms with Gasteiger partial charge in [-0.05, 0) is 37.5 Å². The normalized spacial score (nSPS) is 26.9. The molecule has 88 valence electrons. The van der Waals surface area contributed by atoms with Crippen LogP contribution < -0.4 is 11.3 Å². The van der Waals surface area contributed by atoms with Gasteiger partial charge < -0.3 is 4.74 Å². The van der Waals surface area contributed by atoms with Crippen LogP contribution in [-0.4, -0.2) is 12.2 Å². The number of hydrogen-bond donors (Lipinski definition) is 2. The second kappa shape index (κ2) is 4.91. The van der Waals surface area contributed by atoms with Gasteiger partial charge in [-0.2, -0.15) is 0 Å². The average Bonchev–Trinajstić information content (AvgIpc) is 2.69. The van der Waals surface area contributed by atoms with Gasteiger partial charge in [0, 0.05) is 0 Å². The molecule has 1 aliphatic rings. The van der Waals surface area contributed by atoms with E-state index in [4.69, 9.17) is 10.6 Å². The molecule has 1 saturated heterocycles. The largest absolute Gasteiger partial charge is 0.373 e. The fourth-order valence-corrected chi connectivity index (χ4v) is 2.17. The highest BCUT2D eigenvalue weighted by atomic mass is 19.1. The zero-order valence-electron chi connectivity index (χ0n) is 9.32. The van der Waals surface area contributed by atoms with Crippen molar-refractivity contribution >= 4 is 0 Å². The fraction of sp³-hybridized carbons (Fsp3) is 0.500. The van der Waals surface area contributed by atoms with Gasteiger partial charge >= 0.3 is 0 Å². The van der Waals surface area contributed by atoms with Crippen LogP contribution in [0.4, 0.5) is 4.39 Å². The minimum Gasteiger partial charge on any atom is -0.373 e. The van der Waals surface area contributed by atoms with E-state index in [1.54, 1.807) is 12.1 Å². The second-order valence-electron chi connectivity index (χ2n) is 4.26. The summed E-state index contributed by atoms with van der Waals surface area (Å²) in [4.78, 5) is 0. The monoisotopic (exact) mass is 224 g/mol. The minimum atomic E-state index is -0.236. The Balaban J connectivity index is 2.13. The number of halogens is 1. The van der Waals surface area contributed by atoms with Gasteiger partial charge in [-0.25, -0.2) is 4.39 Å². The van der Waals surface area contributed by atoms with Gasteiger partial charge in [-0.1, -0.05) is 12.1 Å². The van der Waals surface area contributed by atoms with E-state index in [0.717, 1.165) is 18.4 Å². The molecule has 3 N–H and O–H groups in total. The van der Waals surface area contributed by atoms with Crippen molar-refractivity contribution < 1.29 is 9.13 Å². The summed E-state index contributed by atoms with van der Waals surface area (Å²) in [5, 5.41) is 0. The number of ether oxygens (including phenoxy) is 1. The first-order valence-corrected chi connectivity index (χ1v) is 5.57. The molecule has 2 rings (SSSR count). The van der Waals surface area contributed by atoms with E-state index in [2.05, 4.69) is 12.3 Å². The highest BCUT2D eigenvalue weighted by molar-refractivity contribution is 5.21. The Kier molecular flexibility index (Phi) is 3.53. The smallest absolute Gasteiger partial charge is 0.123 e. The summed E-state index contributed by atoms with van der Waals surface area (Å²) in [6.07, 6.45) is 2.38. The predicted molar refractivity (Wildman–Crippen MR) is 60.0 cm³/mol. The summed E-state index contributed by atoms with van der Waals surface area (Å²) >= 11 is 0. The predicted octanol–water partition coefficient (Wildman–Crippen LogP) is 1.90. The molecule has 3 unspecified atom stereocenters. The number of nitrogens with one attached hydrogen (secondary N) is 1. The highest BCUT2D eigenvalue weighted by Crippen LogP contribution is 2.29. The number of rotatable bonds is 3. The molecule has 0 radical (unpaired) electrons. The molecule has 16 heavy (non-hydrogen) atoms. The Morgan fingerprint density at radius 1 is 1.38 bits per heavy atom. The van der Waals surface area contributed by atoms with E-state index < -0.39 is 0 Å². The van der Waals surface area contributed by atoms with E-state index in [1.165, 1.54) is 12.1 Å². The van der Waals surface area contributed by atoms with E-state index in [9.17, 15) is 4.39 Å². The SMILES string of the molecule is CC1CCC(C(NN)c2ccc(F)cc2)O1. The molecule has 3 nitrogen and oxygen atoms in total. The summed E-state index contributed by atoms with van der Waals surface area (Å²) in [5.41, 5.74) is 3.71. The number of hydrogen-bond acceptors (Lipinski definition) is 3. The molecule has 1 heterocycles. The molecule has 1 fully saturated rings. The number of benzene rings is 1. The van der Waals surface area contributed by atoms with Crippen LogP contribution in [0.2, 0.25) is 0 Å². The third-order valence-electron chi connectivity index (χ3n) is 3.05. The maximum atomic E-state index is 12.8. The van der Waals surface area contributed by atoms with Crippen molar-refractivity contribution in [2.45, 2.75) is 38.0 Å². The van der Waals surface area contributed by atoms with E-state index in [1.807, 2.05) is 0 Å². The molecule has 4 heteroatoms. The lowest BCUT2D eigenvalue weighted by Crippen LogP contribution is -2.36. The Morgan fingerprint density at radius 2 is 2.06 bits per heavy atom. The molecule has 0 spiro atoms. The molecule has 0 aromatic heterocycles. The first-order chi connectivity index (χ1) is 7.70.